The highest BCUT2D eigenvalue weighted by molar-refractivity contribution is 7.99. The summed E-state index contributed by atoms with van der Waals surface area (Å²) in [5, 5.41) is 9.06. The van der Waals surface area contributed by atoms with Crippen LogP contribution >= 0.6 is 11.8 Å². The number of pyridine rings is 1. The van der Waals surface area contributed by atoms with Crippen molar-refractivity contribution in [1.29, 1.82) is 5.26 Å². The zero-order chi connectivity index (χ0) is 15.5. The van der Waals surface area contributed by atoms with Gasteiger partial charge in [0, 0.05) is 11.8 Å². The molecule has 1 aromatic rings. The largest absolute Gasteiger partial charge is 0.473 e. The Balaban J connectivity index is 2.57. The molecule has 0 unspecified atom stereocenters. The first-order valence-corrected chi connectivity index (χ1v) is 7.73. The third-order valence-corrected chi connectivity index (χ3v) is 3.26. The third kappa shape index (κ3) is 6.32. The average Bonchev–Trinajstić information content (AvgIpc) is 2.51. The summed E-state index contributed by atoms with van der Waals surface area (Å²) in [7, 11) is 0. The van der Waals surface area contributed by atoms with Gasteiger partial charge in [0.15, 0.2) is 0 Å². The van der Waals surface area contributed by atoms with Crippen molar-refractivity contribution in [1.82, 2.24) is 4.98 Å². The number of rotatable bonds is 9. The van der Waals surface area contributed by atoms with Crippen molar-refractivity contribution >= 4 is 17.7 Å². The quantitative estimate of drug-likeness (QED) is 0.516. The predicted octanol–water partition coefficient (Wildman–Crippen LogP) is 2.70. The molecule has 0 amide bonds. The smallest absolute Gasteiger partial charge is 0.315 e. The maximum atomic E-state index is 11.4. The molecule has 1 heterocycles. The molecule has 6 heteroatoms. The van der Waals surface area contributed by atoms with E-state index in [4.69, 9.17) is 14.7 Å². The molecule has 0 saturated carbocycles. The van der Waals surface area contributed by atoms with Crippen LogP contribution in [0.2, 0.25) is 0 Å². The fourth-order valence-electron chi connectivity index (χ4n) is 1.41. The minimum atomic E-state index is -0.251. The van der Waals surface area contributed by atoms with Crippen LogP contribution in [-0.2, 0) is 15.3 Å². The number of hydrogen-bond donors (Lipinski definition) is 0. The summed E-state index contributed by atoms with van der Waals surface area (Å²) in [6.45, 7) is 6.30. The minimum absolute atomic E-state index is 0.240. The Kier molecular flexibility index (Phi) is 7.99. The zero-order valence-corrected chi connectivity index (χ0v) is 12.8. The van der Waals surface area contributed by atoms with E-state index in [1.807, 2.05) is 6.92 Å². The Morgan fingerprint density at radius 2 is 2.38 bits per heavy atom. The SMILES string of the molecule is C=CCOc1ccc(C#N)c(CSCC(=O)OCCC)n1. The highest BCUT2D eigenvalue weighted by Gasteiger charge is 2.09. The lowest BCUT2D eigenvalue weighted by atomic mass is 10.2. The molecule has 5 nitrogen and oxygen atoms in total. The lowest BCUT2D eigenvalue weighted by Gasteiger charge is -2.07. The monoisotopic (exact) mass is 306 g/mol. The van der Waals surface area contributed by atoms with E-state index in [0.717, 1.165) is 6.42 Å². The predicted molar refractivity (Wildman–Crippen MR) is 82.1 cm³/mol. The van der Waals surface area contributed by atoms with Crippen LogP contribution < -0.4 is 4.74 Å². The molecule has 0 radical (unpaired) electrons. The normalized spacial score (nSPS) is 9.71. The van der Waals surface area contributed by atoms with E-state index in [2.05, 4.69) is 17.6 Å². The van der Waals surface area contributed by atoms with Crippen molar-refractivity contribution in [2.75, 3.05) is 19.0 Å². The van der Waals surface area contributed by atoms with Crippen molar-refractivity contribution in [3.8, 4) is 11.9 Å². The molecule has 0 aliphatic heterocycles. The van der Waals surface area contributed by atoms with Crippen molar-refractivity contribution < 1.29 is 14.3 Å². The number of carbonyl (C=O) groups is 1. The van der Waals surface area contributed by atoms with Crippen molar-refractivity contribution in [3.63, 3.8) is 0 Å². The van der Waals surface area contributed by atoms with Crippen molar-refractivity contribution in [2.45, 2.75) is 19.1 Å². The Bertz CT molecular complexity index is 526. The van der Waals surface area contributed by atoms with Crippen LogP contribution in [0, 0.1) is 11.3 Å². The van der Waals surface area contributed by atoms with Gasteiger partial charge >= 0.3 is 5.97 Å². The molecule has 21 heavy (non-hydrogen) atoms. The van der Waals surface area contributed by atoms with Crippen LogP contribution in [-0.4, -0.2) is 29.9 Å². The molecule has 112 valence electrons. The minimum Gasteiger partial charge on any atom is -0.473 e. The van der Waals surface area contributed by atoms with Gasteiger partial charge in [0.05, 0.1) is 23.6 Å². The maximum absolute atomic E-state index is 11.4. The number of hydrogen-bond acceptors (Lipinski definition) is 6. The molecule has 1 aromatic heterocycles. The highest BCUT2D eigenvalue weighted by atomic mass is 32.2. The number of nitriles is 1. The number of nitrogens with zero attached hydrogens (tertiary/aromatic N) is 2. The van der Waals surface area contributed by atoms with Gasteiger partial charge < -0.3 is 9.47 Å². The first-order valence-electron chi connectivity index (χ1n) is 6.58. The molecule has 0 fully saturated rings. The van der Waals surface area contributed by atoms with Gasteiger partial charge in [-0.15, -0.1) is 11.8 Å². The lowest BCUT2D eigenvalue weighted by Crippen LogP contribution is -2.08. The first kappa shape index (κ1) is 17.1. The molecule has 0 spiro atoms. The van der Waals surface area contributed by atoms with Gasteiger partial charge in [-0.3, -0.25) is 4.79 Å². The molecular formula is C15H18N2O3S. The summed E-state index contributed by atoms with van der Waals surface area (Å²) >= 11 is 1.36. The van der Waals surface area contributed by atoms with Gasteiger partial charge in [0.1, 0.15) is 12.7 Å². The molecule has 0 atom stereocenters. The van der Waals surface area contributed by atoms with Crippen LogP contribution in [0.15, 0.2) is 24.8 Å². The van der Waals surface area contributed by atoms with E-state index < -0.39 is 0 Å². The van der Waals surface area contributed by atoms with Crippen LogP contribution in [0.5, 0.6) is 5.88 Å². The Morgan fingerprint density at radius 1 is 1.57 bits per heavy atom. The highest BCUT2D eigenvalue weighted by Crippen LogP contribution is 2.18. The van der Waals surface area contributed by atoms with Gasteiger partial charge in [-0.2, -0.15) is 5.26 Å². The zero-order valence-electron chi connectivity index (χ0n) is 12.0. The Morgan fingerprint density at radius 3 is 3.05 bits per heavy atom. The lowest BCUT2D eigenvalue weighted by molar-refractivity contribution is -0.140. The van der Waals surface area contributed by atoms with Crippen LogP contribution in [0.3, 0.4) is 0 Å². The summed E-state index contributed by atoms with van der Waals surface area (Å²) < 4.78 is 10.3. The number of thioether (sulfide) groups is 1. The number of ether oxygens (including phenoxy) is 2. The third-order valence-electron chi connectivity index (χ3n) is 2.34. The molecule has 0 bridgehead atoms. The van der Waals surface area contributed by atoms with Gasteiger partial charge in [0.2, 0.25) is 5.88 Å². The second-order valence-electron chi connectivity index (χ2n) is 4.07. The van der Waals surface area contributed by atoms with E-state index in [-0.39, 0.29) is 11.7 Å². The molecule has 0 saturated heterocycles. The van der Waals surface area contributed by atoms with E-state index in [1.165, 1.54) is 11.8 Å². The summed E-state index contributed by atoms with van der Waals surface area (Å²) in [5.74, 6) is 0.886. The Hall–Kier alpha value is -2.00. The summed E-state index contributed by atoms with van der Waals surface area (Å²) in [6, 6.07) is 5.39. The van der Waals surface area contributed by atoms with E-state index in [9.17, 15) is 4.79 Å². The van der Waals surface area contributed by atoms with E-state index in [1.54, 1.807) is 18.2 Å². The first-order chi connectivity index (χ1) is 10.2. The molecule has 0 aromatic carbocycles. The molecule has 0 aliphatic rings. The number of aromatic nitrogens is 1. The van der Waals surface area contributed by atoms with Crippen LogP contribution in [0.1, 0.15) is 24.6 Å². The van der Waals surface area contributed by atoms with Crippen molar-refractivity contribution in [2.24, 2.45) is 0 Å². The van der Waals surface area contributed by atoms with Gasteiger partial charge in [0.25, 0.3) is 0 Å². The summed E-state index contributed by atoms with van der Waals surface area (Å²) in [5.41, 5.74) is 1.09. The Labute approximate surface area is 129 Å². The second kappa shape index (κ2) is 9.83. The van der Waals surface area contributed by atoms with Gasteiger partial charge in [-0.05, 0) is 12.5 Å². The van der Waals surface area contributed by atoms with Gasteiger partial charge in [-0.1, -0.05) is 19.6 Å². The molecule has 0 aliphatic carbocycles. The fraction of sp³-hybridized carbons (Fsp3) is 0.400. The molecule has 0 N–H and O–H groups in total. The standard InChI is InChI=1S/C15H18N2O3S/c1-3-7-19-14-6-5-12(9-16)13(17-14)10-21-11-15(18)20-8-4-2/h3,5-6H,1,4,7-8,10-11H2,2H3. The number of carbonyl (C=O) groups excluding carboxylic acids is 1. The second-order valence-corrected chi connectivity index (χ2v) is 5.05. The molecular weight excluding hydrogens is 288 g/mol. The van der Waals surface area contributed by atoms with E-state index in [0.29, 0.717) is 36.1 Å². The fourth-order valence-corrected chi connectivity index (χ4v) is 2.17. The topological polar surface area (TPSA) is 72.2 Å². The van der Waals surface area contributed by atoms with Crippen LogP contribution in [0.4, 0.5) is 0 Å². The summed E-state index contributed by atoms with van der Waals surface area (Å²) in [6.07, 6.45) is 2.43. The average molecular weight is 306 g/mol. The van der Waals surface area contributed by atoms with Crippen molar-refractivity contribution in [3.05, 3.63) is 36.0 Å². The van der Waals surface area contributed by atoms with E-state index >= 15 is 0 Å². The van der Waals surface area contributed by atoms with Gasteiger partial charge in [-0.25, -0.2) is 4.98 Å². The molecule has 1 rings (SSSR count). The van der Waals surface area contributed by atoms with Crippen LogP contribution in [0.25, 0.3) is 0 Å². The number of esters is 1. The maximum Gasteiger partial charge on any atom is 0.315 e. The summed E-state index contributed by atoms with van der Waals surface area (Å²) in [4.78, 5) is 15.7.